The Bertz CT molecular complexity index is 778. The summed E-state index contributed by atoms with van der Waals surface area (Å²) in [5, 5.41) is 0. The van der Waals surface area contributed by atoms with Crippen molar-refractivity contribution in [3.63, 3.8) is 0 Å². The van der Waals surface area contributed by atoms with Crippen LogP contribution in [0.15, 0.2) is 67.1 Å². The lowest BCUT2D eigenvalue weighted by Gasteiger charge is -2.26. The van der Waals surface area contributed by atoms with Crippen molar-refractivity contribution in [2.45, 2.75) is 32.8 Å². The summed E-state index contributed by atoms with van der Waals surface area (Å²) >= 11 is 0. The molecule has 0 aliphatic heterocycles. The maximum absolute atomic E-state index is 5.79. The van der Waals surface area contributed by atoms with E-state index in [1.807, 2.05) is 18.2 Å². The SMILES string of the molecule is Cc1ccc(C(C)(C)c2ccc(OCc3ccncn3)cc2)cc1. The van der Waals surface area contributed by atoms with Gasteiger partial charge in [-0.3, -0.25) is 0 Å². The Morgan fingerprint density at radius 1 is 0.875 bits per heavy atom. The molecule has 3 nitrogen and oxygen atoms in total. The predicted molar refractivity (Wildman–Crippen MR) is 96.1 cm³/mol. The molecule has 3 rings (SSSR count). The van der Waals surface area contributed by atoms with Gasteiger partial charge in [-0.05, 0) is 36.2 Å². The van der Waals surface area contributed by atoms with Crippen LogP contribution in [0.3, 0.4) is 0 Å². The third-order valence-electron chi connectivity index (χ3n) is 4.38. The molecule has 0 unspecified atom stereocenters. The Labute approximate surface area is 143 Å². The van der Waals surface area contributed by atoms with Crippen molar-refractivity contribution < 1.29 is 4.74 Å². The quantitative estimate of drug-likeness (QED) is 0.684. The molecule has 0 radical (unpaired) electrons. The summed E-state index contributed by atoms with van der Waals surface area (Å²) in [6, 6.07) is 18.9. The minimum atomic E-state index is -0.0428. The lowest BCUT2D eigenvalue weighted by Crippen LogP contribution is -2.18. The first-order valence-corrected chi connectivity index (χ1v) is 8.11. The normalized spacial score (nSPS) is 11.3. The minimum absolute atomic E-state index is 0.0428. The van der Waals surface area contributed by atoms with Crippen LogP contribution in [0.4, 0.5) is 0 Å². The number of rotatable bonds is 5. The molecule has 0 saturated heterocycles. The smallest absolute Gasteiger partial charge is 0.130 e. The van der Waals surface area contributed by atoms with E-state index in [0.717, 1.165) is 11.4 Å². The number of ether oxygens (including phenoxy) is 1. The molecular formula is C21H22N2O. The number of hydrogen-bond acceptors (Lipinski definition) is 3. The second-order valence-electron chi connectivity index (χ2n) is 6.50. The summed E-state index contributed by atoms with van der Waals surface area (Å²) < 4.78 is 5.79. The molecule has 24 heavy (non-hydrogen) atoms. The summed E-state index contributed by atoms with van der Waals surface area (Å²) in [4.78, 5) is 8.07. The minimum Gasteiger partial charge on any atom is -0.487 e. The van der Waals surface area contributed by atoms with Gasteiger partial charge >= 0.3 is 0 Å². The first-order valence-electron chi connectivity index (χ1n) is 8.11. The highest BCUT2D eigenvalue weighted by Crippen LogP contribution is 2.32. The molecule has 0 amide bonds. The van der Waals surface area contributed by atoms with Gasteiger partial charge in [-0.15, -0.1) is 0 Å². The molecular weight excluding hydrogens is 296 g/mol. The molecule has 1 heterocycles. The van der Waals surface area contributed by atoms with Crippen LogP contribution in [0.2, 0.25) is 0 Å². The Balaban J connectivity index is 1.72. The first-order chi connectivity index (χ1) is 11.6. The molecule has 3 heteroatoms. The zero-order valence-electron chi connectivity index (χ0n) is 14.4. The molecule has 0 spiro atoms. The van der Waals surface area contributed by atoms with Crippen molar-refractivity contribution in [2.24, 2.45) is 0 Å². The molecule has 1 aromatic heterocycles. The number of nitrogens with zero attached hydrogens (tertiary/aromatic N) is 2. The fourth-order valence-electron chi connectivity index (χ4n) is 2.67. The van der Waals surface area contributed by atoms with Crippen molar-refractivity contribution in [3.8, 4) is 5.75 Å². The van der Waals surface area contributed by atoms with Gasteiger partial charge in [0.15, 0.2) is 0 Å². The average Bonchev–Trinajstić information content (AvgIpc) is 2.61. The maximum atomic E-state index is 5.79. The highest BCUT2D eigenvalue weighted by atomic mass is 16.5. The van der Waals surface area contributed by atoms with Gasteiger partial charge in [0, 0.05) is 11.6 Å². The van der Waals surface area contributed by atoms with Crippen LogP contribution in [0, 0.1) is 6.92 Å². The van der Waals surface area contributed by atoms with E-state index in [2.05, 4.69) is 67.1 Å². The summed E-state index contributed by atoms with van der Waals surface area (Å²) in [5.74, 6) is 0.845. The number of aryl methyl sites for hydroxylation is 1. The van der Waals surface area contributed by atoms with Crippen molar-refractivity contribution in [2.75, 3.05) is 0 Å². The third kappa shape index (κ3) is 3.62. The van der Waals surface area contributed by atoms with Crippen molar-refractivity contribution >= 4 is 0 Å². The highest BCUT2D eigenvalue weighted by Gasteiger charge is 2.22. The Kier molecular flexibility index (Phi) is 4.61. The Morgan fingerprint density at radius 3 is 2.08 bits per heavy atom. The monoisotopic (exact) mass is 318 g/mol. The Morgan fingerprint density at radius 2 is 1.50 bits per heavy atom. The van der Waals surface area contributed by atoms with Gasteiger partial charge in [0.1, 0.15) is 18.7 Å². The summed E-state index contributed by atoms with van der Waals surface area (Å²) in [6.45, 7) is 7.05. The topological polar surface area (TPSA) is 35.0 Å². The number of aromatic nitrogens is 2. The molecule has 3 aromatic rings. The highest BCUT2D eigenvalue weighted by molar-refractivity contribution is 5.40. The van der Waals surface area contributed by atoms with Gasteiger partial charge < -0.3 is 4.74 Å². The van der Waals surface area contributed by atoms with Gasteiger partial charge in [-0.25, -0.2) is 9.97 Å². The van der Waals surface area contributed by atoms with Crippen molar-refractivity contribution in [3.05, 3.63) is 89.5 Å². The average molecular weight is 318 g/mol. The zero-order valence-corrected chi connectivity index (χ0v) is 14.4. The van der Waals surface area contributed by atoms with Crippen LogP contribution in [0.1, 0.15) is 36.2 Å². The molecule has 122 valence electrons. The van der Waals surface area contributed by atoms with Gasteiger partial charge in [0.2, 0.25) is 0 Å². The predicted octanol–water partition coefficient (Wildman–Crippen LogP) is 4.69. The summed E-state index contributed by atoms with van der Waals surface area (Å²) in [6.07, 6.45) is 3.25. The molecule has 0 N–H and O–H groups in total. The fourth-order valence-corrected chi connectivity index (χ4v) is 2.67. The molecule has 0 bridgehead atoms. The first kappa shape index (κ1) is 16.2. The van der Waals surface area contributed by atoms with E-state index in [9.17, 15) is 0 Å². The van der Waals surface area contributed by atoms with E-state index >= 15 is 0 Å². The van der Waals surface area contributed by atoms with Crippen LogP contribution < -0.4 is 4.74 Å². The maximum Gasteiger partial charge on any atom is 0.130 e. The second-order valence-corrected chi connectivity index (χ2v) is 6.50. The van der Waals surface area contributed by atoms with Crippen LogP contribution in [-0.2, 0) is 12.0 Å². The molecule has 0 atom stereocenters. The summed E-state index contributed by atoms with van der Waals surface area (Å²) in [5.41, 5.74) is 4.68. The van der Waals surface area contributed by atoms with E-state index in [1.165, 1.54) is 23.0 Å². The lowest BCUT2D eigenvalue weighted by atomic mass is 9.78. The molecule has 0 aliphatic rings. The molecule has 0 fully saturated rings. The standard InChI is InChI=1S/C21H22N2O/c1-16-4-6-17(7-5-16)21(2,3)18-8-10-20(11-9-18)24-14-19-12-13-22-15-23-19/h4-13,15H,14H2,1-3H3. The number of hydrogen-bond donors (Lipinski definition) is 0. The van der Waals surface area contributed by atoms with Crippen molar-refractivity contribution in [1.29, 1.82) is 0 Å². The van der Waals surface area contributed by atoms with E-state index in [4.69, 9.17) is 4.74 Å². The van der Waals surface area contributed by atoms with Crippen molar-refractivity contribution in [1.82, 2.24) is 9.97 Å². The fraction of sp³-hybridized carbons (Fsp3) is 0.238. The third-order valence-corrected chi connectivity index (χ3v) is 4.38. The van der Waals surface area contributed by atoms with Gasteiger partial charge in [-0.1, -0.05) is 55.8 Å². The molecule has 0 saturated carbocycles. The van der Waals surface area contributed by atoms with Gasteiger partial charge in [0.25, 0.3) is 0 Å². The van der Waals surface area contributed by atoms with E-state index in [1.54, 1.807) is 6.20 Å². The van der Waals surface area contributed by atoms with Crippen LogP contribution in [0.5, 0.6) is 5.75 Å². The molecule has 2 aromatic carbocycles. The largest absolute Gasteiger partial charge is 0.487 e. The van der Waals surface area contributed by atoms with E-state index in [0.29, 0.717) is 6.61 Å². The summed E-state index contributed by atoms with van der Waals surface area (Å²) in [7, 11) is 0. The van der Waals surface area contributed by atoms with Crippen LogP contribution in [0.25, 0.3) is 0 Å². The lowest BCUT2D eigenvalue weighted by molar-refractivity contribution is 0.301. The Hall–Kier alpha value is -2.68. The zero-order chi connectivity index (χ0) is 17.0. The second kappa shape index (κ2) is 6.83. The van der Waals surface area contributed by atoms with Crippen LogP contribution >= 0.6 is 0 Å². The number of benzene rings is 2. The van der Waals surface area contributed by atoms with Crippen LogP contribution in [-0.4, -0.2) is 9.97 Å². The van der Waals surface area contributed by atoms with Gasteiger partial charge in [-0.2, -0.15) is 0 Å². The van der Waals surface area contributed by atoms with E-state index in [-0.39, 0.29) is 5.41 Å². The molecule has 0 aliphatic carbocycles. The van der Waals surface area contributed by atoms with Gasteiger partial charge in [0.05, 0.1) is 5.69 Å². The van der Waals surface area contributed by atoms with E-state index < -0.39 is 0 Å².